The van der Waals surface area contributed by atoms with Crippen molar-refractivity contribution in [2.24, 2.45) is 0 Å². The van der Waals surface area contributed by atoms with Crippen LogP contribution >= 0.6 is 27.7 Å². The summed E-state index contributed by atoms with van der Waals surface area (Å²) in [5.74, 6) is 0.705. The Kier molecular flexibility index (Phi) is 5.22. The molecule has 0 saturated heterocycles. The molecule has 2 rings (SSSR count). The Hall–Kier alpha value is -1.07. The molecule has 1 N–H and O–H groups in total. The molecule has 1 heterocycles. The molecule has 0 fully saturated rings. The number of halogens is 1. The summed E-state index contributed by atoms with van der Waals surface area (Å²) in [7, 11) is 0. The molecule has 0 atom stereocenters. The van der Waals surface area contributed by atoms with Gasteiger partial charge in [-0.05, 0) is 47.5 Å². The highest BCUT2D eigenvalue weighted by Gasteiger charge is 2.06. The molecule has 5 heteroatoms. The third-order valence-electron chi connectivity index (χ3n) is 2.42. The van der Waals surface area contributed by atoms with Crippen LogP contribution in [0.25, 0.3) is 0 Å². The van der Waals surface area contributed by atoms with Gasteiger partial charge >= 0.3 is 0 Å². The Morgan fingerprint density at radius 1 is 1.26 bits per heavy atom. The predicted octanol–water partition coefficient (Wildman–Crippen LogP) is 4.52. The number of aryl methyl sites for hydroxylation is 1. The predicted molar refractivity (Wildman–Crippen MR) is 83.8 cm³/mol. The smallest absolute Gasteiger partial charge is 0.223 e. The quantitative estimate of drug-likeness (QED) is 0.814. The highest BCUT2D eigenvalue weighted by molar-refractivity contribution is 9.10. The van der Waals surface area contributed by atoms with Gasteiger partial charge in [0.25, 0.3) is 0 Å². The lowest BCUT2D eigenvalue weighted by Gasteiger charge is -2.08. The third kappa shape index (κ3) is 4.21. The summed E-state index contributed by atoms with van der Waals surface area (Å²) >= 11 is 5.19. The molecule has 0 spiro atoms. The molecule has 0 bridgehead atoms. The molecule has 0 aliphatic heterocycles. The summed E-state index contributed by atoms with van der Waals surface area (Å²) < 4.78 is 1.08. The van der Waals surface area contributed by atoms with Crippen LogP contribution in [0.3, 0.4) is 0 Å². The Bertz CT molecular complexity index is 560. The summed E-state index contributed by atoms with van der Waals surface area (Å²) in [5.41, 5.74) is 0.975. The lowest BCUT2D eigenvalue weighted by Crippen LogP contribution is -2.05. The van der Waals surface area contributed by atoms with E-state index in [2.05, 4.69) is 44.2 Å². The first-order valence-corrected chi connectivity index (χ1v) is 7.82. The molecule has 0 unspecified atom stereocenters. The fourth-order valence-corrected chi connectivity index (χ4v) is 2.97. The second-order valence-corrected chi connectivity index (χ2v) is 6.05. The minimum absolute atomic E-state index is 0.705. The molecule has 0 radical (unpaired) electrons. The van der Waals surface area contributed by atoms with Crippen molar-refractivity contribution < 1.29 is 0 Å². The molecule has 2 aromatic rings. The van der Waals surface area contributed by atoms with E-state index in [1.807, 2.05) is 31.2 Å². The van der Waals surface area contributed by atoms with Crippen LogP contribution in [-0.4, -0.2) is 16.5 Å². The maximum Gasteiger partial charge on any atom is 0.223 e. The largest absolute Gasteiger partial charge is 0.354 e. The topological polar surface area (TPSA) is 37.8 Å². The van der Waals surface area contributed by atoms with Crippen LogP contribution in [0, 0.1) is 6.92 Å². The third-order valence-corrected chi connectivity index (χ3v) is 4.36. The zero-order chi connectivity index (χ0) is 13.7. The Labute approximate surface area is 126 Å². The zero-order valence-corrected chi connectivity index (χ0v) is 13.4. The normalized spacial score (nSPS) is 10.5. The lowest BCUT2D eigenvalue weighted by atomic mass is 10.4. The molecule has 0 aliphatic carbocycles. The van der Waals surface area contributed by atoms with E-state index < -0.39 is 0 Å². The van der Waals surface area contributed by atoms with Crippen molar-refractivity contribution in [3.63, 3.8) is 0 Å². The number of benzene rings is 1. The number of nitrogens with one attached hydrogen (secondary N) is 1. The van der Waals surface area contributed by atoms with E-state index in [1.54, 1.807) is 11.8 Å². The molecule has 19 heavy (non-hydrogen) atoms. The fourth-order valence-electron chi connectivity index (χ4n) is 1.55. The maximum atomic E-state index is 4.53. The summed E-state index contributed by atoms with van der Waals surface area (Å²) in [4.78, 5) is 10.1. The number of aromatic nitrogens is 2. The zero-order valence-electron chi connectivity index (χ0n) is 11.0. The van der Waals surface area contributed by atoms with E-state index in [0.717, 1.165) is 33.1 Å². The van der Waals surface area contributed by atoms with Crippen LogP contribution < -0.4 is 5.32 Å². The maximum absolute atomic E-state index is 4.53. The second-order valence-electron chi connectivity index (χ2n) is 4.13. The minimum Gasteiger partial charge on any atom is -0.354 e. The molecule has 0 saturated carbocycles. The van der Waals surface area contributed by atoms with E-state index in [4.69, 9.17) is 0 Å². The Balaban J connectivity index is 2.20. The fraction of sp³-hybridized carbons (Fsp3) is 0.286. The number of anilines is 1. The molecule has 0 amide bonds. The van der Waals surface area contributed by atoms with Gasteiger partial charge in [-0.15, -0.1) is 0 Å². The molecule has 1 aromatic heterocycles. The van der Waals surface area contributed by atoms with Crippen LogP contribution in [0.1, 0.15) is 19.0 Å². The molecule has 3 nitrogen and oxygen atoms in total. The van der Waals surface area contributed by atoms with E-state index in [1.165, 1.54) is 0 Å². The monoisotopic (exact) mass is 337 g/mol. The van der Waals surface area contributed by atoms with Gasteiger partial charge in [-0.3, -0.25) is 0 Å². The van der Waals surface area contributed by atoms with Gasteiger partial charge in [-0.1, -0.05) is 30.8 Å². The van der Waals surface area contributed by atoms with Crippen molar-refractivity contribution in [3.05, 3.63) is 40.5 Å². The minimum atomic E-state index is 0.705. The number of rotatable bonds is 5. The van der Waals surface area contributed by atoms with E-state index >= 15 is 0 Å². The van der Waals surface area contributed by atoms with Crippen LogP contribution in [-0.2, 0) is 0 Å². The van der Waals surface area contributed by atoms with E-state index in [0.29, 0.717) is 5.95 Å². The summed E-state index contributed by atoms with van der Waals surface area (Å²) in [6.07, 6.45) is 1.06. The highest BCUT2D eigenvalue weighted by Crippen LogP contribution is 2.32. The number of hydrogen-bond acceptors (Lipinski definition) is 4. The SMILES string of the molecule is CCCNc1nc(C)cc(Sc2ccccc2Br)n1. The van der Waals surface area contributed by atoms with Gasteiger partial charge in [0.05, 0.1) is 0 Å². The van der Waals surface area contributed by atoms with Crippen LogP contribution in [0.15, 0.2) is 44.7 Å². The average Bonchev–Trinajstić information content (AvgIpc) is 2.38. The first kappa shape index (κ1) is 14.3. The Morgan fingerprint density at radius 2 is 2.05 bits per heavy atom. The first-order chi connectivity index (χ1) is 9.19. The molecular formula is C14H16BrN3S. The van der Waals surface area contributed by atoms with Crippen molar-refractivity contribution in [1.29, 1.82) is 0 Å². The van der Waals surface area contributed by atoms with Gasteiger partial charge < -0.3 is 5.32 Å². The van der Waals surface area contributed by atoms with Gasteiger partial charge in [0, 0.05) is 21.6 Å². The van der Waals surface area contributed by atoms with Crippen molar-refractivity contribution in [2.45, 2.75) is 30.2 Å². The second kappa shape index (κ2) is 6.91. The van der Waals surface area contributed by atoms with E-state index in [9.17, 15) is 0 Å². The number of hydrogen-bond donors (Lipinski definition) is 1. The average molecular weight is 338 g/mol. The van der Waals surface area contributed by atoms with Crippen molar-refractivity contribution in [1.82, 2.24) is 9.97 Å². The van der Waals surface area contributed by atoms with Gasteiger partial charge in [-0.25, -0.2) is 9.97 Å². The van der Waals surface area contributed by atoms with Crippen molar-refractivity contribution in [3.8, 4) is 0 Å². The molecule has 100 valence electrons. The van der Waals surface area contributed by atoms with Crippen LogP contribution in [0.5, 0.6) is 0 Å². The van der Waals surface area contributed by atoms with Gasteiger partial charge in [0.15, 0.2) is 0 Å². The molecule has 0 aliphatic rings. The standard InChI is InChI=1S/C14H16BrN3S/c1-3-8-16-14-17-10(2)9-13(18-14)19-12-7-5-4-6-11(12)15/h4-7,9H,3,8H2,1-2H3,(H,16,17,18). The van der Waals surface area contributed by atoms with Crippen LogP contribution in [0.4, 0.5) is 5.95 Å². The van der Waals surface area contributed by atoms with Crippen molar-refractivity contribution >= 4 is 33.6 Å². The lowest BCUT2D eigenvalue weighted by molar-refractivity contribution is 0.924. The summed E-state index contributed by atoms with van der Waals surface area (Å²) in [6, 6.07) is 10.1. The van der Waals surface area contributed by atoms with E-state index in [-0.39, 0.29) is 0 Å². The summed E-state index contributed by atoms with van der Waals surface area (Å²) in [5, 5.41) is 4.19. The number of nitrogens with zero attached hydrogens (tertiary/aromatic N) is 2. The molecule has 1 aromatic carbocycles. The van der Waals surface area contributed by atoms with Gasteiger partial charge in [-0.2, -0.15) is 0 Å². The van der Waals surface area contributed by atoms with Crippen LogP contribution in [0.2, 0.25) is 0 Å². The van der Waals surface area contributed by atoms with Gasteiger partial charge in [0.2, 0.25) is 5.95 Å². The van der Waals surface area contributed by atoms with Gasteiger partial charge in [0.1, 0.15) is 5.03 Å². The first-order valence-electron chi connectivity index (χ1n) is 6.21. The molecular weight excluding hydrogens is 322 g/mol. The highest BCUT2D eigenvalue weighted by atomic mass is 79.9. The summed E-state index contributed by atoms with van der Waals surface area (Å²) in [6.45, 7) is 5.00. The Morgan fingerprint density at radius 3 is 2.79 bits per heavy atom. The van der Waals surface area contributed by atoms with Crippen molar-refractivity contribution in [2.75, 3.05) is 11.9 Å².